The number of allylic oxidation sites excluding steroid dienone is 1. The number of hydrogen-bond donors (Lipinski definition) is 0. The minimum absolute atomic E-state index is 0. The van der Waals surface area contributed by atoms with E-state index in [1.54, 1.807) is 0 Å². The Kier molecular flexibility index (Phi) is 19.0. The predicted octanol–water partition coefficient (Wildman–Crippen LogP) is -0.754. The van der Waals surface area contributed by atoms with Crippen LogP contribution in [0.5, 0.6) is 0 Å². The van der Waals surface area contributed by atoms with E-state index in [1.165, 1.54) is 49.0 Å². The van der Waals surface area contributed by atoms with Gasteiger partial charge in [0, 0.05) is 26.2 Å². The molecule has 0 unspecified atom stereocenters. The van der Waals surface area contributed by atoms with Crippen molar-refractivity contribution in [1.29, 1.82) is 0 Å². The molecular formula is C3H3Bi2Zr-. The van der Waals surface area contributed by atoms with Crippen molar-refractivity contribution in [2.24, 2.45) is 0 Å². The zero-order valence-corrected chi connectivity index (χ0v) is 12.9. The molecule has 3 heteroatoms. The average molecular weight is 548 g/mol. The van der Waals surface area contributed by atoms with Gasteiger partial charge in [-0.25, -0.2) is 0 Å². The van der Waals surface area contributed by atoms with Gasteiger partial charge in [-0.2, -0.15) is 0 Å². The molecule has 0 amide bonds. The van der Waals surface area contributed by atoms with Crippen LogP contribution in [-0.4, -0.2) is 52.7 Å². The van der Waals surface area contributed by atoms with Gasteiger partial charge in [-0.05, 0) is 0 Å². The zero-order chi connectivity index (χ0) is 4.12. The Hall–Kier alpha value is 2.26. The van der Waals surface area contributed by atoms with Crippen molar-refractivity contribution in [1.82, 2.24) is 0 Å². The predicted molar refractivity (Wildman–Crippen MR) is 27.0 cm³/mol. The molecule has 0 bridgehead atoms. The summed E-state index contributed by atoms with van der Waals surface area (Å²) in [5, 5.41) is 0. The summed E-state index contributed by atoms with van der Waals surface area (Å²) in [5.41, 5.74) is 0. The molecule has 0 nitrogen and oxygen atoms in total. The first-order valence-electron chi connectivity index (χ1n) is 1.13. The fraction of sp³-hybridized carbons (Fsp3) is 0. The molecule has 0 aliphatic heterocycles. The number of rotatable bonds is 1. The van der Waals surface area contributed by atoms with Gasteiger partial charge in [0.05, 0.1) is 0 Å². The Balaban J connectivity index is 0. The van der Waals surface area contributed by atoms with Gasteiger partial charge in [-0.15, -0.1) is 0 Å². The molecule has 0 aromatic rings. The summed E-state index contributed by atoms with van der Waals surface area (Å²) >= 11 is 2.42. The molecule has 2 radical (unpaired) electrons. The minimum atomic E-state index is 0. The van der Waals surface area contributed by atoms with Crippen molar-refractivity contribution in [3.05, 3.63) is 9.86 Å². The molecule has 0 aliphatic rings. The van der Waals surface area contributed by atoms with E-state index in [0.29, 0.717) is 0 Å². The van der Waals surface area contributed by atoms with Gasteiger partial charge in [-0.1, -0.05) is 0 Å². The van der Waals surface area contributed by atoms with E-state index >= 15 is 0 Å². The van der Waals surface area contributed by atoms with E-state index in [0.717, 1.165) is 0 Å². The topological polar surface area (TPSA) is 0 Å². The molecule has 0 atom stereocenters. The van der Waals surface area contributed by atoms with Crippen LogP contribution in [-0.2, 0) is 26.2 Å². The molecule has 0 heterocycles. The molecule has 0 saturated carbocycles. The van der Waals surface area contributed by atoms with Gasteiger partial charge >= 0.3 is 62.5 Å². The third-order valence-electron chi connectivity index (χ3n) is 0.158. The summed E-state index contributed by atoms with van der Waals surface area (Å²) in [7, 11) is 0. The Morgan fingerprint density at radius 1 is 1.67 bits per heavy atom. The van der Waals surface area contributed by atoms with E-state index < -0.39 is 0 Å². The summed E-state index contributed by atoms with van der Waals surface area (Å²) in [5.74, 6) is 0. The first-order chi connectivity index (χ1) is 2.41. The van der Waals surface area contributed by atoms with Crippen molar-refractivity contribution >= 4 is 52.7 Å². The molecule has 6 heavy (non-hydrogen) atoms. The second kappa shape index (κ2) is 10.3. The maximum absolute atomic E-state index is 2.98. The Morgan fingerprint density at radius 2 is 2.17 bits per heavy atom. The monoisotopic (exact) mass is 547 g/mol. The van der Waals surface area contributed by atoms with Crippen LogP contribution >= 0.6 is 0 Å². The van der Waals surface area contributed by atoms with Crippen LogP contribution in [0.15, 0.2) is 9.86 Å². The summed E-state index contributed by atoms with van der Waals surface area (Å²) in [6.45, 7) is 0. The second-order valence-corrected chi connectivity index (χ2v) is 2.76. The summed E-state index contributed by atoms with van der Waals surface area (Å²) in [6.07, 6.45) is 1.99. The van der Waals surface area contributed by atoms with Crippen LogP contribution in [0.3, 0.4) is 0 Å². The van der Waals surface area contributed by atoms with Gasteiger partial charge in [0.2, 0.25) is 0 Å². The molecule has 0 saturated heterocycles. The van der Waals surface area contributed by atoms with Gasteiger partial charge < -0.3 is 0 Å². The maximum atomic E-state index is 2.98. The first kappa shape index (κ1) is 11.1. The SMILES string of the molecule is [Bi]=[C-]C=[CH][BiH].[Zr]. The van der Waals surface area contributed by atoms with Crippen LogP contribution in [0.1, 0.15) is 0 Å². The Bertz CT molecular complexity index is 50.8. The van der Waals surface area contributed by atoms with Crippen molar-refractivity contribution in [3.63, 3.8) is 0 Å². The normalized spacial score (nSPS) is 7.50. The smallest absolute Gasteiger partial charge is 0 e. The fourth-order valence-electron chi connectivity index (χ4n) is 0.0373. The first-order valence-corrected chi connectivity index (χ1v) is 5.12. The molecule has 0 aromatic heterocycles. The van der Waals surface area contributed by atoms with Gasteiger partial charge in [-0.3, -0.25) is 0 Å². The van der Waals surface area contributed by atoms with Crippen molar-refractivity contribution in [2.75, 3.05) is 0 Å². The molecule has 0 N–H and O–H groups in total. The molecule has 0 aliphatic carbocycles. The Labute approximate surface area is 87.1 Å². The zero-order valence-electron chi connectivity index (χ0n) is 3.10. The van der Waals surface area contributed by atoms with Crippen molar-refractivity contribution in [2.45, 2.75) is 0 Å². The fourth-order valence-corrected chi connectivity index (χ4v) is 2.87. The quantitative estimate of drug-likeness (QED) is 0.299. The van der Waals surface area contributed by atoms with E-state index in [9.17, 15) is 0 Å². The molecule has 0 rings (SSSR count). The van der Waals surface area contributed by atoms with Crippen LogP contribution in [0.25, 0.3) is 0 Å². The van der Waals surface area contributed by atoms with Gasteiger partial charge in [0.15, 0.2) is 0 Å². The van der Waals surface area contributed by atoms with E-state index in [4.69, 9.17) is 0 Å². The largest absolute Gasteiger partial charge is 0 e. The average Bonchev–Trinajstić information content (AvgIpc) is 1.41. The summed E-state index contributed by atoms with van der Waals surface area (Å²) < 4.78 is 5.09. The third kappa shape index (κ3) is 9.54. The molecule has 0 fully saturated rings. The standard InChI is InChI=1S/C3H2.2Bi.Zr.H/c1-3-2;;;;/h1,3H;;;;/q-1;;;;. The van der Waals surface area contributed by atoms with Gasteiger partial charge in [0.25, 0.3) is 0 Å². The van der Waals surface area contributed by atoms with E-state index in [1.807, 2.05) is 6.08 Å². The van der Waals surface area contributed by atoms with Crippen LogP contribution in [0.4, 0.5) is 0 Å². The number of hydrogen-bond acceptors (Lipinski definition) is 0. The maximum Gasteiger partial charge on any atom is 0 e. The van der Waals surface area contributed by atoms with Crippen LogP contribution < -0.4 is 0 Å². The summed E-state index contributed by atoms with van der Waals surface area (Å²) in [6, 6.07) is 0. The second-order valence-electron chi connectivity index (χ2n) is 0.462. The van der Waals surface area contributed by atoms with Crippen molar-refractivity contribution in [3.8, 4) is 0 Å². The molecule has 30 valence electrons. The van der Waals surface area contributed by atoms with Crippen molar-refractivity contribution < 1.29 is 26.2 Å². The van der Waals surface area contributed by atoms with Crippen LogP contribution in [0, 0.1) is 0 Å². The van der Waals surface area contributed by atoms with E-state index in [-0.39, 0.29) is 26.2 Å². The van der Waals surface area contributed by atoms with Crippen LogP contribution in [0.2, 0.25) is 0 Å². The molecule has 0 aromatic carbocycles. The third-order valence-corrected chi connectivity index (χ3v) is 1.39. The molecule has 0 spiro atoms. The minimum Gasteiger partial charge on any atom is 0 e. The van der Waals surface area contributed by atoms with Gasteiger partial charge in [0.1, 0.15) is 0 Å². The summed E-state index contributed by atoms with van der Waals surface area (Å²) in [4.78, 5) is 0. The van der Waals surface area contributed by atoms with E-state index in [2.05, 4.69) is 7.49 Å². The Morgan fingerprint density at radius 3 is 2.17 bits per heavy atom. The molecular weight excluding hydrogens is 545 g/mol.